The molecule has 0 fully saturated rings. The molecule has 2 aliphatic heterocycles. The second-order valence-electron chi connectivity index (χ2n) is 8.35. The zero-order valence-corrected chi connectivity index (χ0v) is 17.1. The van der Waals surface area contributed by atoms with E-state index in [0.717, 1.165) is 38.6 Å². The van der Waals surface area contributed by atoms with E-state index in [2.05, 4.69) is 9.88 Å². The van der Waals surface area contributed by atoms with Gasteiger partial charge in [0.25, 0.3) is 11.8 Å². The van der Waals surface area contributed by atoms with Gasteiger partial charge < -0.3 is 14.2 Å². The third-order valence-corrected chi connectivity index (χ3v) is 6.53. The number of carbonyl (C=O) groups is 2. The maximum atomic E-state index is 13.1. The molecule has 6 nitrogen and oxygen atoms in total. The van der Waals surface area contributed by atoms with Crippen molar-refractivity contribution in [2.24, 2.45) is 7.05 Å². The van der Waals surface area contributed by atoms with Gasteiger partial charge in [-0.05, 0) is 25.0 Å². The molecular formula is C25H21N3O3. The Bertz CT molecular complexity index is 1450. The number of amides is 2. The van der Waals surface area contributed by atoms with Gasteiger partial charge in [0.15, 0.2) is 0 Å². The van der Waals surface area contributed by atoms with Crippen molar-refractivity contribution in [3.05, 3.63) is 71.5 Å². The van der Waals surface area contributed by atoms with Crippen LogP contribution in [0.5, 0.6) is 0 Å². The number of aliphatic hydroxyl groups is 1. The van der Waals surface area contributed by atoms with Gasteiger partial charge in [-0.3, -0.25) is 14.9 Å². The Hall–Kier alpha value is -3.64. The van der Waals surface area contributed by atoms with Crippen molar-refractivity contribution in [3.63, 3.8) is 0 Å². The number of aromatic nitrogens is 2. The molecule has 0 spiro atoms. The van der Waals surface area contributed by atoms with E-state index in [-0.39, 0.29) is 11.8 Å². The summed E-state index contributed by atoms with van der Waals surface area (Å²) in [7, 11) is 1.94. The first kappa shape index (κ1) is 18.2. The van der Waals surface area contributed by atoms with Crippen LogP contribution < -0.4 is 5.32 Å². The van der Waals surface area contributed by atoms with Gasteiger partial charge in [-0.25, -0.2) is 0 Å². The van der Waals surface area contributed by atoms with Crippen LogP contribution in [-0.4, -0.2) is 32.2 Å². The number of imide groups is 1. The van der Waals surface area contributed by atoms with Crippen LogP contribution in [0.15, 0.2) is 54.7 Å². The minimum Gasteiger partial charge on any atom is -0.391 e. The minimum atomic E-state index is -0.415. The summed E-state index contributed by atoms with van der Waals surface area (Å²) in [5, 5.41) is 14.7. The predicted molar refractivity (Wildman–Crippen MR) is 119 cm³/mol. The fourth-order valence-electron chi connectivity index (χ4n) is 5.20. The molecule has 1 unspecified atom stereocenters. The summed E-state index contributed by atoms with van der Waals surface area (Å²) < 4.78 is 4.08. The predicted octanol–water partition coefficient (Wildman–Crippen LogP) is 3.01. The quantitative estimate of drug-likeness (QED) is 0.498. The van der Waals surface area contributed by atoms with Crippen molar-refractivity contribution < 1.29 is 14.7 Å². The monoisotopic (exact) mass is 411 g/mol. The highest BCUT2D eigenvalue weighted by molar-refractivity contribution is 6.51. The molecule has 0 saturated heterocycles. The van der Waals surface area contributed by atoms with E-state index in [1.807, 2.05) is 66.3 Å². The average molecular weight is 411 g/mol. The molecule has 2 amide bonds. The number of aliphatic hydroxyl groups excluding tert-OH is 1. The maximum Gasteiger partial charge on any atom is 0.259 e. The molecule has 6 heteroatoms. The van der Waals surface area contributed by atoms with Gasteiger partial charge in [0, 0.05) is 58.4 Å². The normalized spacial score (nSPS) is 18.8. The van der Waals surface area contributed by atoms with E-state index < -0.39 is 6.10 Å². The van der Waals surface area contributed by atoms with Crippen LogP contribution in [0.4, 0.5) is 0 Å². The van der Waals surface area contributed by atoms with Crippen LogP contribution in [0.2, 0.25) is 0 Å². The molecule has 1 atom stereocenters. The van der Waals surface area contributed by atoms with Crippen molar-refractivity contribution in [2.45, 2.75) is 25.5 Å². The molecule has 2 N–H and O–H groups in total. The average Bonchev–Trinajstić information content (AvgIpc) is 3.37. The van der Waals surface area contributed by atoms with Crippen molar-refractivity contribution >= 4 is 44.8 Å². The number of rotatable bonds is 2. The molecule has 0 aliphatic carbocycles. The first-order valence-corrected chi connectivity index (χ1v) is 10.5. The highest BCUT2D eigenvalue weighted by Crippen LogP contribution is 2.42. The standard InChI is InChI=1S/C25H21N3O3/c1-27-13-17(15-6-2-4-8-18(15)27)22-23(25(31)26-24(22)30)21-16-7-3-5-9-19(16)28-12-14(29)10-11-20(21)28/h2-9,13-14,29H,10-12H2,1H3,(H,26,30,31). The smallest absolute Gasteiger partial charge is 0.259 e. The van der Waals surface area contributed by atoms with Crippen LogP contribution in [0.1, 0.15) is 23.2 Å². The van der Waals surface area contributed by atoms with Crippen LogP contribution >= 0.6 is 0 Å². The van der Waals surface area contributed by atoms with E-state index in [1.165, 1.54) is 0 Å². The Kier molecular flexibility index (Phi) is 3.76. The van der Waals surface area contributed by atoms with Crippen LogP contribution in [-0.2, 0) is 29.6 Å². The van der Waals surface area contributed by atoms with Gasteiger partial charge in [0.2, 0.25) is 0 Å². The highest BCUT2D eigenvalue weighted by atomic mass is 16.3. The molecule has 6 rings (SSSR count). The summed E-state index contributed by atoms with van der Waals surface area (Å²) in [5.74, 6) is -0.727. The fourth-order valence-corrected chi connectivity index (χ4v) is 5.20. The van der Waals surface area contributed by atoms with E-state index in [0.29, 0.717) is 30.5 Å². The van der Waals surface area contributed by atoms with E-state index in [4.69, 9.17) is 0 Å². The minimum absolute atomic E-state index is 0.363. The number of hydrogen-bond donors (Lipinski definition) is 2. The lowest BCUT2D eigenvalue weighted by atomic mass is 9.92. The molecule has 0 radical (unpaired) electrons. The molecule has 4 heterocycles. The maximum absolute atomic E-state index is 13.1. The van der Waals surface area contributed by atoms with Gasteiger partial charge in [0.05, 0.1) is 17.3 Å². The molecule has 154 valence electrons. The molecule has 4 aromatic rings. The van der Waals surface area contributed by atoms with Gasteiger partial charge in [-0.1, -0.05) is 36.4 Å². The van der Waals surface area contributed by atoms with Crippen LogP contribution in [0, 0.1) is 0 Å². The first-order valence-electron chi connectivity index (χ1n) is 10.5. The Morgan fingerprint density at radius 1 is 0.935 bits per heavy atom. The summed E-state index contributed by atoms with van der Waals surface area (Å²) in [6.07, 6.45) is 2.79. The first-order chi connectivity index (χ1) is 15.0. The van der Waals surface area contributed by atoms with Gasteiger partial charge in [-0.15, -0.1) is 0 Å². The Labute approximate surface area is 178 Å². The van der Waals surface area contributed by atoms with E-state index >= 15 is 0 Å². The second kappa shape index (κ2) is 6.43. The highest BCUT2D eigenvalue weighted by Gasteiger charge is 2.37. The molecular weight excluding hydrogens is 390 g/mol. The largest absolute Gasteiger partial charge is 0.391 e. The summed E-state index contributed by atoms with van der Waals surface area (Å²) in [6, 6.07) is 15.8. The third-order valence-electron chi connectivity index (χ3n) is 6.53. The van der Waals surface area contributed by atoms with Crippen LogP contribution in [0.3, 0.4) is 0 Å². The van der Waals surface area contributed by atoms with Crippen molar-refractivity contribution in [2.75, 3.05) is 0 Å². The zero-order valence-electron chi connectivity index (χ0n) is 17.1. The number of fused-ring (bicyclic) bond motifs is 4. The van der Waals surface area contributed by atoms with Crippen molar-refractivity contribution in [1.29, 1.82) is 0 Å². The van der Waals surface area contributed by atoms with E-state index in [9.17, 15) is 14.7 Å². The summed E-state index contributed by atoms with van der Waals surface area (Å²) in [5.41, 5.74) is 5.41. The topological polar surface area (TPSA) is 76.3 Å². The summed E-state index contributed by atoms with van der Waals surface area (Å²) in [6.45, 7) is 0.488. The molecule has 2 aliphatic rings. The van der Waals surface area contributed by atoms with E-state index in [1.54, 1.807) is 0 Å². The van der Waals surface area contributed by atoms with Crippen molar-refractivity contribution in [3.8, 4) is 0 Å². The van der Waals surface area contributed by atoms with Gasteiger partial charge in [-0.2, -0.15) is 0 Å². The summed E-state index contributed by atoms with van der Waals surface area (Å²) >= 11 is 0. The third kappa shape index (κ3) is 2.48. The Morgan fingerprint density at radius 3 is 2.42 bits per heavy atom. The summed E-state index contributed by atoms with van der Waals surface area (Å²) in [4.78, 5) is 26.2. The number of benzene rings is 2. The van der Waals surface area contributed by atoms with Gasteiger partial charge >= 0.3 is 0 Å². The number of aryl methyl sites for hydroxylation is 1. The molecule has 2 aromatic carbocycles. The van der Waals surface area contributed by atoms with Crippen LogP contribution in [0.25, 0.3) is 33.0 Å². The lowest BCUT2D eigenvalue weighted by Crippen LogP contribution is -2.25. The Balaban J connectivity index is 1.72. The number of carbonyl (C=O) groups excluding carboxylic acids is 2. The number of hydrogen-bond acceptors (Lipinski definition) is 3. The lowest BCUT2D eigenvalue weighted by molar-refractivity contribution is -0.122. The fraction of sp³-hybridized carbons (Fsp3) is 0.200. The molecule has 31 heavy (non-hydrogen) atoms. The second-order valence-corrected chi connectivity index (χ2v) is 8.35. The SMILES string of the molecule is Cn1cc(C2=C(c3c4n(c5ccccc35)CC(O)CC4)C(=O)NC2=O)c2ccccc21. The molecule has 0 bridgehead atoms. The number of nitrogens with zero attached hydrogens (tertiary/aromatic N) is 2. The molecule has 2 aromatic heterocycles. The van der Waals surface area contributed by atoms with Gasteiger partial charge in [0.1, 0.15) is 0 Å². The molecule has 0 saturated carbocycles. The Morgan fingerprint density at radius 2 is 1.61 bits per heavy atom. The zero-order chi connectivity index (χ0) is 21.3. The lowest BCUT2D eigenvalue weighted by Gasteiger charge is -2.22. The van der Waals surface area contributed by atoms with Crippen molar-refractivity contribution in [1.82, 2.24) is 14.5 Å². The number of nitrogens with one attached hydrogen (secondary N) is 1. The number of para-hydroxylation sites is 2.